The van der Waals surface area contributed by atoms with Crippen LogP contribution in [-0.4, -0.2) is 0 Å². The van der Waals surface area contributed by atoms with E-state index >= 15 is 0 Å². The lowest BCUT2D eigenvalue weighted by atomic mass is 9.89. The Hall–Kier alpha value is -0.780. The molecule has 0 saturated carbocycles. The minimum Gasteiger partial charge on any atom is -0.0654 e. The summed E-state index contributed by atoms with van der Waals surface area (Å²) in [6.07, 6.45) is 5.06. The maximum atomic E-state index is 2.41. The summed E-state index contributed by atoms with van der Waals surface area (Å²) in [5.74, 6) is 0.693. The first kappa shape index (κ1) is 13.3. The summed E-state index contributed by atoms with van der Waals surface area (Å²) in [4.78, 5) is 0. The molecule has 0 fully saturated rings. The standard InChI is InChI=1S/C16H26/c1-6-8-9-15-10-14(5)16(11-13(15)4)12(3)7-2/h10-12H,6-9H2,1-5H3. The fourth-order valence-electron chi connectivity index (χ4n) is 2.29. The fraction of sp³-hybridized carbons (Fsp3) is 0.625. The second-order valence-corrected chi connectivity index (χ2v) is 5.05. The largest absolute Gasteiger partial charge is 0.0654 e. The van der Waals surface area contributed by atoms with Crippen LogP contribution in [0.25, 0.3) is 0 Å². The average Bonchev–Trinajstić information content (AvgIpc) is 2.28. The molecule has 16 heavy (non-hydrogen) atoms. The zero-order valence-corrected chi connectivity index (χ0v) is 11.6. The van der Waals surface area contributed by atoms with Crippen molar-refractivity contribution >= 4 is 0 Å². The predicted molar refractivity (Wildman–Crippen MR) is 73.2 cm³/mol. The summed E-state index contributed by atoms with van der Waals surface area (Å²) < 4.78 is 0. The molecular weight excluding hydrogens is 192 g/mol. The lowest BCUT2D eigenvalue weighted by Crippen LogP contribution is -1.99. The highest BCUT2D eigenvalue weighted by atomic mass is 14.1. The number of hydrogen-bond acceptors (Lipinski definition) is 0. The van der Waals surface area contributed by atoms with Gasteiger partial charge in [-0.05, 0) is 61.3 Å². The Morgan fingerprint density at radius 1 is 1.06 bits per heavy atom. The minimum atomic E-state index is 0.693. The normalized spacial score (nSPS) is 12.8. The topological polar surface area (TPSA) is 0 Å². The molecule has 1 rings (SSSR count). The third-order valence-corrected chi connectivity index (χ3v) is 3.67. The molecule has 0 aromatic heterocycles. The SMILES string of the molecule is CCCCc1cc(C)c(C(C)CC)cc1C. The van der Waals surface area contributed by atoms with Gasteiger partial charge in [-0.15, -0.1) is 0 Å². The first-order valence-electron chi connectivity index (χ1n) is 6.70. The van der Waals surface area contributed by atoms with Gasteiger partial charge in [0.05, 0.1) is 0 Å². The van der Waals surface area contributed by atoms with Crippen molar-refractivity contribution in [2.75, 3.05) is 0 Å². The molecule has 0 spiro atoms. The zero-order valence-electron chi connectivity index (χ0n) is 11.6. The van der Waals surface area contributed by atoms with Gasteiger partial charge < -0.3 is 0 Å². The highest BCUT2D eigenvalue weighted by molar-refractivity contribution is 5.39. The Bertz CT molecular complexity index is 336. The molecule has 90 valence electrons. The van der Waals surface area contributed by atoms with Gasteiger partial charge in [0.15, 0.2) is 0 Å². The van der Waals surface area contributed by atoms with Gasteiger partial charge in [0.25, 0.3) is 0 Å². The van der Waals surface area contributed by atoms with Crippen molar-refractivity contribution < 1.29 is 0 Å². The number of hydrogen-bond donors (Lipinski definition) is 0. The summed E-state index contributed by atoms with van der Waals surface area (Å²) in [6.45, 7) is 11.4. The lowest BCUT2D eigenvalue weighted by molar-refractivity contribution is 0.724. The molecule has 1 atom stereocenters. The third-order valence-electron chi connectivity index (χ3n) is 3.67. The van der Waals surface area contributed by atoms with Crippen LogP contribution in [0.2, 0.25) is 0 Å². The van der Waals surface area contributed by atoms with Gasteiger partial charge in [0.2, 0.25) is 0 Å². The van der Waals surface area contributed by atoms with Crippen LogP contribution < -0.4 is 0 Å². The van der Waals surface area contributed by atoms with E-state index in [2.05, 4.69) is 46.8 Å². The molecule has 1 aromatic carbocycles. The first-order valence-corrected chi connectivity index (χ1v) is 6.70. The highest BCUT2D eigenvalue weighted by Gasteiger charge is 2.09. The average molecular weight is 218 g/mol. The van der Waals surface area contributed by atoms with Crippen molar-refractivity contribution in [1.29, 1.82) is 0 Å². The van der Waals surface area contributed by atoms with Crippen LogP contribution in [0, 0.1) is 13.8 Å². The molecule has 0 N–H and O–H groups in total. The smallest absolute Gasteiger partial charge is 0.0190 e. The first-order chi connectivity index (χ1) is 7.60. The van der Waals surface area contributed by atoms with E-state index in [0.717, 1.165) is 0 Å². The molecule has 0 heteroatoms. The van der Waals surface area contributed by atoms with E-state index in [9.17, 15) is 0 Å². The van der Waals surface area contributed by atoms with Gasteiger partial charge in [-0.2, -0.15) is 0 Å². The van der Waals surface area contributed by atoms with Crippen molar-refractivity contribution in [2.24, 2.45) is 0 Å². The third kappa shape index (κ3) is 3.10. The molecule has 1 aromatic rings. The number of unbranched alkanes of at least 4 members (excludes halogenated alkanes) is 1. The maximum absolute atomic E-state index is 2.41. The summed E-state index contributed by atoms with van der Waals surface area (Å²) >= 11 is 0. The van der Waals surface area contributed by atoms with Crippen LogP contribution in [0.15, 0.2) is 12.1 Å². The number of benzene rings is 1. The van der Waals surface area contributed by atoms with Gasteiger partial charge >= 0.3 is 0 Å². The molecule has 0 amide bonds. The van der Waals surface area contributed by atoms with Crippen LogP contribution in [0.3, 0.4) is 0 Å². The molecule has 1 unspecified atom stereocenters. The quantitative estimate of drug-likeness (QED) is 0.640. The summed E-state index contributed by atoms with van der Waals surface area (Å²) in [6, 6.07) is 4.82. The van der Waals surface area contributed by atoms with E-state index in [0.29, 0.717) is 5.92 Å². The zero-order chi connectivity index (χ0) is 12.1. The van der Waals surface area contributed by atoms with Gasteiger partial charge in [-0.3, -0.25) is 0 Å². The van der Waals surface area contributed by atoms with E-state index in [4.69, 9.17) is 0 Å². The van der Waals surface area contributed by atoms with Crippen molar-refractivity contribution in [1.82, 2.24) is 0 Å². The molecule has 0 saturated heterocycles. The second kappa shape index (κ2) is 6.08. The van der Waals surface area contributed by atoms with E-state index in [1.54, 1.807) is 11.1 Å². The Labute approximate surface area is 101 Å². The van der Waals surface area contributed by atoms with Crippen molar-refractivity contribution in [2.45, 2.75) is 66.2 Å². The molecule has 0 radical (unpaired) electrons. The van der Waals surface area contributed by atoms with Crippen molar-refractivity contribution in [3.8, 4) is 0 Å². The molecule has 0 aliphatic carbocycles. The van der Waals surface area contributed by atoms with Gasteiger partial charge in [-0.1, -0.05) is 39.3 Å². The monoisotopic (exact) mass is 218 g/mol. The Morgan fingerprint density at radius 2 is 1.75 bits per heavy atom. The summed E-state index contributed by atoms with van der Waals surface area (Å²) in [7, 11) is 0. The van der Waals surface area contributed by atoms with E-state index in [1.165, 1.54) is 36.8 Å². The van der Waals surface area contributed by atoms with Gasteiger partial charge in [0.1, 0.15) is 0 Å². The number of aryl methyl sites for hydroxylation is 3. The summed E-state index contributed by atoms with van der Waals surface area (Å²) in [5.41, 5.74) is 6.05. The van der Waals surface area contributed by atoms with Crippen LogP contribution >= 0.6 is 0 Å². The molecular formula is C16H26. The van der Waals surface area contributed by atoms with E-state index < -0.39 is 0 Å². The summed E-state index contributed by atoms with van der Waals surface area (Å²) in [5, 5.41) is 0. The van der Waals surface area contributed by atoms with Crippen LogP contribution in [-0.2, 0) is 6.42 Å². The molecule has 0 aliphatic heterocycles. The van der Waals surface area contributed by atoms with Crippen molar-refractivity contribution in [3.63, 3.8) is 0 Å². The van der Waals surface area contributed by atoms with E-state index in [-0.39, 0.29) is 0 Å². The highest BCUT2D eigenvalue weighted by Crippen LogP contribution is 2.26. The Kier molecular flexibility index (Phi) is 5.05. The molecule has 0 bridgehead atoms. The van der Waals surface area contributed by atoms with E-state index in [1.807, 2.05) is 0 Å². The van der Waals surface area contributed by atoms with Crippen LogP contribution in [0.5, 0.6) is 0 Å². The Balaban J connectivity index is 2.97. The fourth-order valence-corrected chi connectivity index (χ4v) is 2.29. The molecule has 0 heterocycles. The van der Waals surface area contributed by atoms with Crippen molar-refractivity contribution in [3.05, 3.63) is 34.4 Å². The minimum absolute atomic E-state index is 0.693. The van der Waals surface area contributed by atoms with Crippen LogP contribution in [0.1, 0.15) is 68.2 Å². The molecule has 0 aliphatic rings. The van der Waals surface area contributed by atoms with Gasteiger partial charge in [-0.25, -0.2) is 0 Å². The Morgan fingerprint density at radius 3 is 2.31 bits per heavy atom. The molecule has 0 nitrogen and oxygen atoms in total. The second-order valence-electron chi connectivity index (χ2n) is 5.05. The van der Waals surface area contributed by atoms with Gasteiger partial charge in [0, 0.05) is 0 Å². The lowest BCUT2D eigenvalue weighted by Gasteiger charge is -2.16. The predicted octanol–water partition coefficient (Wildman–Crippen LogP) is 5.16. The maximum Gasteiger partial charge on any atom is -0.0190 e. The van der Waals surface area contributed by atoms with Crippen LogP contribution in [0.4, 0.5) is 0 Å². The number of rotatable bonds is 5.